The Balaban J connectivity index is 4.31. The number of hydrogen-bond acceptors (Lipinski definition) is 4. The van der Waals surface area contributed by atoms with Crippen molar-refractivity contribution in [1.82, 2.24) is 4.90 Å². The summed E-state index contributed by atoms with van der Waals surface area (Å²) < 4.78 is 5.23. The van der Waals surface area contributed by atoms with Crippen molar-refractivity contribution >= 4 is 24.5 Å². The fraction of sp³-hybridized carbons (Fsp3) is 0.769. The van der Waals surface area contributed by atoms with E-state index in [1.807, 2.05) is 0 Å². The Hall–Kier alpha value is -1.23. The Labute approximate surface area is 197 Å². The number of carbonyl (C=O) groups excluding carboxylic acids is 2. The SMILES string of the molecule is CCC=CCC=CCCCCCC(CCCCCCC)C(=O)COC(=O)N(C)CCS. The van der Waals surface area contributed by atoms with E-state index < -0.39 is 6.09 Å². The second-order valence-electron chi connectivity index (χ2n) is 8.29. The number of amides is 1. The van der Waals surface area contributed by atoms with Crippen molar-refractivity contribution in [3.8, 4) is 0 Å². The fourth-order valence-electron chi connectivity index (χ4n) is 3.45. The highest BCUT2D eigenvalue weighted by Crippen LogP contribution is 2.20. The lowest BCUT2D eigenvalue weighted by Crippen LogP contribution is -2.32. The zero-order valence-corrected chi connectivity index (χ0v) is 21.2. The van der Waals surface area contributed by atoms with Crippen LogP contribution in [0, 0.1) is 5.92 Å². The van der Waals surface area contributed by atoms with Crippen LogP contribution in [0.5, 0.6) is 0 Å². The van der Waals surface area contributed by atoms with E-state index in [4.69, 9.17) is 4.74 Å². The van der Waals surface area contributed by atoms with E-state index in [0.29, 0.717) is 12.3 Å². The summed E-state index contributed by atoms with van der Waals surface area (Å²) in [6.45, 7) is 4.77. The van der Waals surface area contributed by atoms with E-state index >= 15 is 0 Å². The smallest absolute Gasteiger partial charge is 0.409 e. The molecule has 0 aliphatic carbocycles. The number of hydrogen-bond donors (Lipinski definition) is 1. The van der Waals surface area contributed by atoms with Crippen molar-refractivity contribution in [2.75, 3.05) is 26.0 Å². The molecule has 1 unspecified atom stereocenters. The highest BCUT2D eigenvalue weighted by atomic mass is 32.1. The highest BCUT2D eigenvalue weighted by molar-refractivity contribution is 7.80. The predicted molar refractivity (Wildman–Crippen MR) is 136 cm³/mol. The first kappa shape index (κ1) is 29.8. The van der Waals surface area contributed by atoms with Crippen LogP contribution >= 0.6 is 12.6 Å². The number of nitrogens with zero attached hydrogens (tertiary/aromatic N) is 1. The van der Waals surface area contributed by atoms with Gasteiger partial charge in [-0.3, -0.25) is 4.79 Å². The summed E-state index contributed by atoms with van der Waals surface area (Å²) in [5.74, 6) is 0.662. The lowest BCUT2D eigenvalue weighted by Gasteiger charge is -2.18. The maximum Gasteiger partial charge on any atom is 0.409 e. The van der Waals surface area contributed by atoms with Gasteiger partial charge in [0.15, 0.2) is 12.4 Å². The van der Waals surface area contributed by atoms with Gasteiger partial charge in [-0.15, -0.1) is 0 Å². The number of thiol groups is 1. The first-order valence-corrected chi connectivity index (χ1v) is 13.0. The minimum atomic E-state index is -0.440. The van der Waals surface area contributed by atoms with Crippen molar-refractivity contribution in [3.63, 3.8) is 0 Å². The molecular weight excluding hydrogens is 406 g/mol. The summed E-state index contributed by atoms with van der Waals surface area (Å²) in [6, 6.07) is 0. The molecule has 0 spiro atoms. The lowest BCUT2D eigenvalue weighted by molar-refractivity contribution is -0.126. The minimum Gasteiger partial charge on any atom is -0.441 e. The lowest BCUT2D eigenvalue weighted by atomic mass is 9.91. The average Bonchev–Trinajstić information content (AvgIpc) is 2.77. The molecule has 1 amide bonds. The summed E-state index contributed by atoms with van der Waals surface area (Å²) >= 11 is 4.12. The molecule has 0 aromatic carbocycles. The van der Waals surface area contributed by atoms with Crippen LogP contribution in [0.25, 0.3) is 0 Å². The number of rotatable bonds is 20. The van der Waals surface area contributed by atoms with Gasteiger partial charge in [0.1, 0.15) is 0 Å². The molecule has 0 radical (unpaired) electrons. The van der Waals surface area contributed by atoms with Crippen LogP contribution in [0.2, 0.25) is 0 Å². The predicted octanol–water partition coefficient (Wildman–Crippen LogP) is 7.39. The zero-order chi connectivity index (χ0) is 23.2. The van der Waals surface area contributed by atoms with Crippen LogP contribution in [-0.2, 0) is 9.53 Å². The van der Waals surface area contributed by atoms with E-state index in [0.717, 1.165) is 57.8 Å². The molecule has 4 nitrogen and oxygen atoms in total. The van der Waals surface area contributed by atoms with Gasteiger partial charge in [0, 0.05) is 25.3 Å². The summed E-state index contributed by atoms with van der Waals surface area (Å²) in [5.41, 5.74) is 0. The van der Waals surface area contributed by atoms with Crippen molar-refractivity contribution in [3.05, 3.63) is 24.3 Å². The molecule has 0 saturated heterocycles. The molecule has 0 aliphatic rings. The van der Waals surface area contributed by atoms with Gasteiger partial charge in [-0.25, -0.2) is 4.79 Å². The third-order valence-corrected chi connectivity index (χ3v) is 5.66. The third kappa shape index (κ3) is 18.1. The maximum absolute atomic E-state index is 12.7. The molecule has 5 heteroatoms. The van der Waals surface area contributed by atoms with E-state index in [1.165, 1.54) is 30.6 Å². The van der Waals surface area contributed by atoms with Gasteiger partial charge in [-0.05, 0) is 38.5 Å². The second-order valence-corrected chi connectivity index (χ2v) is 8.74. The molecule has 0 aliphatic heterocycles. The van der Waals surface area contributed by atoms with Crippen LogP contribution in [0.3, 0.4) is 0 Å². The van der Waals surface area contributed by atoms with Crippen molar-refractivity contribution < 1.29 is 14.3 Å². The molecule has 0 saturated carbocycles. The number of allylic oxidation sites excluding steroid dienone is 4. The molecule has 0 fully saturated rings. The van der Waals surface area contributed by atoms with E-state index in [1.54, 1.807) is 7.05 Å². The molecule has 0 aromatic rings. The fourth-order valence-corrected chi connectivity index (χ4v) is 3.75. The average molecular weight is 454 g/mol. The quantitative estimate of drug-likeness (QED) is 0.119. The molecule has 1 atom stereocenters. The maximum atomic E-state index is 12.7. The number of carbonyl (C=O) groups is 2. The molecule has 180 valence electrons. The van der Waals surface area contributed by atoms with Crippen LogP contribution in [0.1, 0.15) is 97.3 Å². The summed E-state index contributed by atoms with van der Waals surface area (Å²) in [7, 11) is 1.67. The van der Waals surface area contributed by atoms with Crippen LogP contribution in [-0.4, -0.2) is 42.7 Å². The Morgan fingerprint density at radius 1 is 0.903 bits per heavy atom. The molecular formula is C26H47NO3S. The standard InChI is InChI=1S/C26H47NO3S/c1-4-6-8-10-11-12-13-14-16-18-20-24(19-17-15-9-7-5-2)25(28)23-30-26(29)27(3)21-22-31/h6,8,11-12,24,31H,4-5,7,9-10,13-23H2,1-3H3. The Morgan fingerprint density at radius 3 is 2.19 bits per heavy atom. The Bertz CT molecular complexity index is 505. The number of ether oxygens (including phenoxy) is 1. The summed E-state index contributed by atoms with van der Waals surface area (Å²) in [5, 5.41) is 0. The molecule has 31 heavy (non-hydrogen) atoms. The minimum absolute atomic E-state index is 0.0133. The van der Waals surface area contributed by atoms with Gasteiger partial charge in [-0.2, -0.15) is 12.6 Å². The van der Waals surface area contributed by atoms with Gasteiger partial charge < -0.3 is 9.64 Å². The molecule has 0 heterocycles. The monoisotopic (exact) mass is 453 g/mol. The number of ketones is 1. The van der Waals surface area contributed by atoms with E-state index in [2.05, 4.69) is 50.8 Å². The normalized spacial score (nSPS) is 12.5. The Kier molecular flexibility index (Phi) is 21.1. The third-order valence-electron chi connectivity index (χ3n) is 5.46. The van der Waals surface area contributed by atoms with Gasteiger partial charge in [0.25, 0.3) is 0 Å². The second kappa shape index (κ2) is 22.0. The van der Waals surface area contributed by atoms with Gasteiger partial charge in [0.05, 0.1) is 0 Å². The van der Waals surface area contributed by atoms with Crippen molar-refractivity contribution in [2.45, 2.75) is 97.3 Å². The molecule has 0 bridgehead atoms. The topological polar surface area (TPSA) is 46.6 Å². The van der Waals surface area contributed by atoms with E-state index in [-0.39, 0.29) is 18.3 Å². The van der Waals surface area contributed by atoms with Gasteiger partial charge in [-0.1, -0.05) is 83.1 Å². The zero-order valence-electron chi connectivity index (χ0n) is 20.3. The first-order valence-electron chi connectivity index (χ1n) is 12.4. The van der Waals surface area contributed by atoms with Crippen LogP contribution in [0.15, 0.2) is 24.3 Å². The van der Waals surface area contributed by atoms with Gasteiger partial charge >= 0.3 is 6.09 Å². The number of Topliss-reactive ketones (excluding diaryl/α,β-unsaturated/α-hetero) is 1. The number of unbranched alkanes of at least 4 members (excludes halogenated alkanes) is 7. The molecule has 0 rings (SSSR count). The largest absolute Gasteiger partial charge is 0.441 e. The first-order chi connectivity index (χ1) is 15.1. The summed E-state index contributed by atoms with van der Waals surface area (Å²) in [6.07, 6.45) is 22.8. The summed E-state index contributed by atoms with van der Waals surface area (Å²) in [4.78, 5) is 26.1. The van der Waals surface area contributed by atoms with E-state index in [9.17, 15) is 9.59 Å². The van der Waals surface area contributed by atoms with Crippen LogP contribution < -0.4 is 0 Å². The Morgan fingerprint density at radius 2 is 1.55 bits per heavy atom. The molecule has 0 N–H and O–H groups in total. The van der Waals surface area contributed by atoms with Crippen molar-refractivity contribution in [2.24, 2.45) is 5.92 Å². The van der Waals surface area contributed by atoms with Crippen molar-refractivity contribution in [1.29, 1.82) is 0 Å². The van der Waals surface area contributed by atoms with Crippen LogP contribution in [0.4, 0.5) is 4.79 Å². The van der Waals surface area contributed by atoms with Gasteiger partial charge in [0.2, 0.25) is 0 Å². The highest BCUT2D eigenvalue weighted by Gasteiger charge is 2.20. The molecule has 0 aromatic heterocycles.